The van der Waals surface area contributed by atoms with Gasteiger partial charge in [-0.2, -0.15) is 0 Å². The summed E-state index contributed by atoms with van der Waals surface area (Å²) in [4.78, 5) is 0. The second kappa shape index (κ2) is 5.77. The fourth-order valence-electron chi connectivity index (χ4n) is 2.00. The normalized spacial score (nSPS) is 41.8. The van der Waals surface area contributed by atoms with E-state index in [1.807, 2.05) is 6.92 Å². The van der Waals surface area contributed by atoms with E-state index in [1.54, 1.807) is 28.4 Å². The largest absolute Gasteiger partial charge is 0.376 e. The van der Waals surface area contributed by atoms with Crippen LogP contribution < -0.4 is 0 Å². The molecular weight excluding hydrogens is 200 g/mol. The summed E-state index contributed by atoms with van der Waals surface area (Å²) in [6.07, 6.45) is -1.11. The molecule has 0 aliphatic carbocycles. The van der Waals surface area contributed by atoms with Crippen LogP contribution >= 0.6 is 0 Å². The van der Waals surface area contributed by atoms with Gasteiger partial charge in [0.25, 0.3) is 0 Å². The van der Waals surface area contributed by atoms with Gasteiger partial charge in [-0.3, -0.25) is 0 Å². The smallest absolute Gasteiger partial charge is 0.186 e. The molecule has 1 aliphatic heterocycles. The van der Waals surface area contributed by atoms with E-state index in [9.17, 15) is 0 Å². The molecule has 15 heavy (non-hydrogen) atoms. The van der Waals surface area contributed by atoms with E-state index in [4.69, 9.17) is 23.7 Å². The molecule has 0 aromatic heterocycles. The van der Waals surface area contributed by atoms with Gasteiger partial charge in [-0.15, -0.1) is 0 Å². The Morgan fingerprint density at radius 2 is 1.27 bits per heavy atom. The van der Waals surface area contributed by atoms with Crippen LogP contribution in [0.15, 0.2) is 0 Å². The molecular formula is C10H20O5. The molecule has 0 saturated carbocycles. The molecule has 0 unspecified atom stereocenters. The zero-order chi connectivity index (χ0) is 11.4. The molecule has 1 aliphatic rings. The first-order valence-corrected chi connectivity index (χ1v) is 4.96. The highest BCUT2D eigenvalue weighted by Gasteiger charge is 2.45. The molecule has 0 radical (unpaired) electrons. The van der Waals surface area contributed by atoms with Gasteiger partial charge >= 0.3 is 0 Å². The van der Waals surface area contributed by atoms with Crippen molar-refractivity contribution in [3.63, 3.8) is 0 Å². The Morgan fingerprint density at radius 3 is 1.67 bits per heavy atom. The number of ether oxygens (including phenoxy) is 5. The summed E-state index contributed by atoms with van der Waals surface area (Å²) < 4.78 is 26.9. The molecule has 1 rings (SSSR count). The molecule has 0 spiro atoms. The van der Waals surface area contributed by atoms with Crippen molar-refractivity contribution in [3.8, 4) is 0 Å². The third-order valence-corrected chi connectivity index (χ3v) is 2.78. The maximum absolute atomic E-state index is 5.62. The Hall–Kier alpha value is -0.200. The van der Waals surface area contributed by atoms with Crippen molar-refractivity contribution in [2.45, 2.75) is 37.6 Å². The summed E-state index contributed by atoms with van der Waals surface area (Å²) in [5.74, 6) is 0. The lowest BCUT2D eigenvalue weighted by atomic mass is 9.99. The molecule has 5 atom stereocenters. The van der Waals surface area contributed by atoms with E-state index in [1.165, 1.54) is 0 Å². The predicted octanol–water partition coefficient (Wildman–Crippen LogP) is 0.423. The van der Waals surface area contributed by atoms with E-state index < -0.39 is 6.29 Å². The quantitative estimate of drug-likeness (QED) is 0.687. The molecule has 5 heteroatoms. The maximum Gasteiger partial charge on any atom is 0.186 e. The van der Waals surface area contributed by atoms with Crippen LogP contribution in [0.2, 0.25) is 0 Å². The Labute approximate surface area is 90.6 Å². The lowest BCUT2D eigenvalue weighted by Gasteiger charge is -2.43. The standard InChI is InChI=1S/C10H20O5/c1-6-7(11-2)8(12-3)9(13-4)10(14-5)15-6/h6-10H,1-5H3/t6-,7+,8+,9-,10-/m0/s1. The van der Waals surface area contributed by atoms with Gasteiger partial charge in [-0.1, -0.05) is 0 Å². The summed E-state index contributed by atoms with van der Waals surface area (Å²) in [6, 6.07) is 0. The average molecular weight is 220 g/mol. The first-order valence-electron chi connectivity index (χ1n) is 4.96. The number of hydrogen-bond donors (Lipinski definition) is 0. The van der Waals surface area contributed by atoms with E-state index >= 15 is 0 Å². The fraction of sp³-hybridized carbons (Fsp3) is 1.00. The van der Waals surface area contributed by atoms with Gasteiger partial charge in [-0.05, 0) is 6.92 Å². The molecule has 1 heterocycles. The molecule has 0 aromatic carbocycles. The van der Waals surface area contributed by atoms with Crippen molar-refractivity contribution in [1.29, 1.82) is 0 Å². The Morgan fingerprint density at radius 1 is 0.733 bits per heavy atom. The molecule has 5 nitrogen and oxygen atoms in total. The van der Waals surface area contributed by atoms with Gasteiger partial charge in [0.1, 0.15) is 18.3 Å². The first-order chi connectivity index (χ1) is 7.19. The predicted molar refractivity (Wildman–Crippen MR) is 53.7 cm³/mol. The second-order valence-electron chi connectivity index (χ2n) is 3.55. The minimum atomic E-state index is -0.415. The van der Waals surface area contributed by atoms with Crippen LogP contribution in [0.1, 0.15) is 6.92 Å². The van der Waals surface area contributed by atoms with Gasteiger partial charge < -0.3 is 23.7 Å². The molecule has 0 bridgehead atoms. The maximum atomic E-state index is 5.62. The van der Waals surface area contributed by atoms with Crippen LogP contribution in [0.5, 0.6) is 0 Å². The van der Waals surface area contributed by atoms with E-state index in [0.717, 1.165) is 0 Å². The minimum Gasteiger partial charge on any atom is -0.376 e. The van der Waals surface area contributed by atoms with E-state index in [-0.39, 0.29) is 24.4 Å². The van der Waals surface area contributed by atoms with Gasteiger partial charge in [-0.25, -0.2) is 0 Å². The van der Waals surface area contributed by atoms with Gasteiger partial charge in [0, 0.05) is 28.4 Å². The van der Waals surface area contributed by atoms with Crippen LogP contribution in [-0.4, -0.2) is 59.1 Å². The lowest BCUT2D eigenvalue weighted by molar-refractivity contribution is -0.298. The summed E-state index contributed by atoms with van der Waals surface area (Å²) in [7, 11) is 6.46. The van der Waals surface area contributed by atoms with Crippen molar-refractivity contribution in [3.05, 3.63) is 0 Å². The summed E-state index contributed by atoms with van der Waals surface area (Å²) in [6.45, 7) is 1.93. The molecule has 90 valence electrons. The van der Waals surface area contributed by atoms with Gasteiger partial charge in [0.15, 0.2) is 6.29 Å². The monoisotopic (exact) mass is 220 g/mol. The molecule has 0 N–H and O–H groups in total. The Balaban J connectivity index is 2.80. The van der Waals surface area contributed by atoms with Crippen LogP contribution in [0, 0.1) is 0 Å². The van der Waals surface area contributed by atoms with Crippen molar-refractivity contribution >= 4 is 0 Å². The molecule has 0 amide bonds. The average Bonchev–Trinajstić information content (AvgIpc) is 2.27. The third kappa shape index (κ3) is 2.49. The topological polar surface area (TPSA) is 46.2 Å². The highest BCUT2D eigenvalue weighted by molar-refractivity contribution is 4.90. The van der Waals surface area contributed by atoms with Crippen molar-refractivity contribution in [1.82, 2.24) is 0 Å². The van der Waals surface area contributed by atoms with Crippen molar-refractivity contribution in [2.75, 3.05) is 28.4 Å². The first kappa shape index (κ1) is 12.9. The van der Waals surface area contributed by atoms with Crippen LogP contribution in [0.4, 0.5) is 0 Å². The SMILES string of the molecule is CO[C@H]1O[C@@H](C)[C@@H](OC)[C@@H](OC)[C@@H]1OC. The summed E-state index contributed by atoms with van der Waals surface area (Å²) in [5, 5.41) is 0. The third-order valence-electron chi connectivity index (χ3n) is 2.78. The van der Waals surface area contributed by atoms with Crippen molar-refractivity contribution < 1.29 is 23.7 Å². The molecule has 1 saturated heterocycles. The zero-order valence-electron chi connectivity index (χ0n) is 9.93. The molecule has 0 aromatic rings. The van der Waals surface area contributed by atoms with Crippen LogP contribution in [-0.2, 0) is 23.7 Å². The van der Waals surface area contributed by atoms with Crippen LogP contribution in [0.3, 0.4) is 0 Å². The van der Waals surface area contributed by atoms with Crippen LogP contribution in [0.25, 0.3) is 0 Å². The highest BCUT2D eigenvalue weighted by Crippen LogP contribution is 2.26. The van der Waals surface area contributed by atoms with Gasteiger partial charge in [0.2, 0.25) is 0 Å². The number of hydrogen-bond acceptors (Lipinski definition) is 5. The Kier molecular flexibility index (Phi) is 4.95. The number of methoxy groups -OCH3 is 4. The number of rotatable bonds is 4. The minimum absolute atomic E-state index is 0.0868. The summed E-state index contributed by atoms with van der Waals surface area (Å²) in [5.41, 5.74) is 0. The lowest BCUT2D eigenvalue weighted by Crippen LogP contribution is -2.59. The van der Waals surface area contributed by atoms with E-state index in [0.29, 0.717) is 0 Å². The summed E-state index contributed by atoms with van der Waals surface area (Å²) >= 11 is 0. The van der Waals surface area contributed by atoms with E-state index in [2.05, 4.69) is 0 Å². The Bertz CT molecular complexity index is 187. The second-order valence-corrected chi connectivity index (χ2v) is 3.55. The fourth-order valence-corrected chi connectivity index (χ4v) is 2.00. The zero-order valence-corrected chi connectivity index (χ0v) is 9.93. The molecule has 1 fully saturated rings. The highest BCUT2D eigenvalue weighted by atomic mass is 16.7. The van der Waals surface area contributed by atoms with Crippen molar-refractivity contribution in [2.24, 2.45) is 0 Å². The van der Waals surface area contributed by atoms with Gasteiger partial charge in [0.05, 0.1) is 6.10 Å².